The van der Waals surface area contributed by atoms with Crippen molar-refractivity contribution < 1.29 is 23.9 Å². The van der Waals surface area contributed by atoms with Gasteiger partial charge in [-0.15, -0.1) is 0 Å². The molecule has 0 fully saturated rings. The quantitative estimate of drug-likeness (QED) is 0.135. The first-order valence-electron chi connectivity index (χ1n) is 14.5. The maximum Gasteiger partial charge on any atom is 0.325 e. The fourth-order valence-corrected chi connectivity index (χ4v) is 4.35. The standard InChI is InChI=1S/C35H38N4O5/c1-39(38-33(40)21-22-36-35(42)37-24-28-11-5-2-6-12-28)32(34(41)44-26-30-15-9-4-10-16-30)23-27-17-19-31(20-18-27)43-25-29-13-7-3-8-14-29/h2-20,32H,21-26H2,1H3,(H,38,40)(H2,36,37,42). The molecule has 9 heteroatoms. The van der Waals surface area contributed by atoms with E-state index in [1.807, 2.05) is 115 Å². The fraction of sp³-hybridized carbons (Fsp3) is 0.229. The maximum absolute atomic E-state index is 13.3. The van der Waals surface area contributed by atoms with Crippen molar-refractivity contribution in [2.45, 2.75) is 38.6 Å². The molecular weight excluding hydrogens is 556 g/mol. The highest BCUT2D eigenvalue weighted by Gasteiger charge is 2.27. The molecule has 0 spiro atoms. The average molecular weight is 595 g/mol. The highest BCUT2D eigenvalue weighted by atomic mass is 16.5. The summed E-state index contributed by atoms with van der Waals surface area (Å²) in [5.41, 5.74) is 6.53. The lowest BCUT2D eigenvalue weighted by molar-refractivity contribution is -0.153. The summed E-state index contributed by atoms with van der Waals surface area (Å²) in [7, 11) is 1.63. The molecule has 3 amide bonds. The Morgan fingerprint density at radius 1 is 0.682 bits per heavy atom. The van der Waals surface area contributed by atoms with Crippen LogP contribution in [0.3, 0.4) is 0 Å². The van der Waals surface area contributed by atoms with Gasteiger partial charge in [-0.2, -0.15) is 0 Å². The molecule has 1 atom stereocenters. The van der Waals surface area contributed by atoms with Crippen LogP contribution in [0.2, 0.25) is 0 Å². The van der Waals surface area contributed by atoms with Crippen LogP contribution in [-0.2, 0) is 40.5 Å². The predicted molar refractivity (Wildman–Crippen MR) is 168 cm³/mol. The molecule has 0 aliphatic rings. The molecule has 0 radical (unpaired) electrons. The zero-order chi connectivity index (χ0) is 31.0. The van der Waals surface area contributed by atoms with Gasteiger partial charge in [-0.1, -0.05) is 103 Å². The third-order valence-corrected chi connectivity index (χ3v) is 6.80. The largest absolute Gasteiger partial charge is 0.489 e. The van der Waals surface area contributed by atoms with Crippen LogP contribution in [0.1, 0.15) is 28.7 Å². The van der Waals surface area contributed by atoms with Crippen molar-refractivity contribution in [3.05, 3.63) is 138 Å². The summed E-state index contributed by atoms with van der Waals surface area (Å²) >= 11 is 0. The smallest absolute Gasteiger partial charge is 0.325 e. The number of hydrogen-bond acceptors (Lipinski definition) is 6. The first kappa shape index (κ1) is 31.8. The molecule has 0 aromatic heterocycles. The summed E-state index contributed by atoms with van der Waals surface area (Å²) in [6.07, 6.45) is 0.325. The normalized spacial score (nSPS) is 11.3. The Labute approximate surface area is 258 Å². The van der Waals surface area contributed by atoms with Crippen molar-refractivity contribution in [1.29, 1.82) is 0 Å². The second kappa shape index (κ2) is 17.1. The Hall–Kier alpha value is -5.15. The highest BCUT2D eigenvalue weighted by Crippen LogP contribution is 2.17. The number of nitrogens with zero attached hydrogens (tertiary/aromatic N) is 1. The predicted octanol–water partition coefficient (Wildman–Crippen LogP) is 4.77. The highest BCUT2D eigenvalue weighted by molar-refractivity contribution is 5.79. The summed E-state index contributed by atoms with van der Waals surface area (Å²) in [6, 6.07) is 35.2. The van der Waals surface area contributed by atoms with Crippen LogP contribution in [-0.4, -0.2) is 42.6 Å². The molecule has 4 aromatic carbocycles. The number of carbonyl (C=O) groups is 3. The van der Waals surface area contributed by atoms with Crippen LogP contribution >= 0.6 is 0 Å². The monoisotopic (exact) mass is 594 g/mol. The summed E-state index contributed by atoms with van der Waals surface area (Å²) in [6.45, 7) is 1.08. The van der Waals surface area contributed by atoms with Gasteiger partial charge in [0.1, 0.15) is 25.0 Å². The van der Waals surface area contributed by atoms with E-state index in [0.717, 1.165) is 22.3 Å². The van der Waals surface area contributed by atoms with E-state index >= 15 is 0 Å². The molecule has 0 heterocycles. The van der Waals surface area contributed by atoms with E-state index in [1.165, 1.54) is 5.01 Å². The molecule has 3 N–H and O–H groups in total. The van der Waals surface area contributed by atoms with Crippen LogP contribution in [0.4, 0.5) is 4.79 Å². The summed E-state index contributed by atoms with van der Waals surface area (Å²) < 4.78 is 11.5. The van der Waals surface area contributed by atoms with Gasteiger partial charge in [-0.3, -0.25) is 15.0 Å². The van der Waals surface area contributed by atoms with E-state index in [2.05, 4.69) is 16.1 Å². The number of carbonyl (C=O) groups excluding carboxylic acids is 3. The van der Waals surface area contributed by atoms with Crippen LogP contribution in [0.5, 0.6) is 5.75 Å². The van der Waals surface area contributed by atoms with Crippen molar-refractivity contribution in [3.8, 4) is 5.75 Å². The van der Waals surface area contributed by atoms with Crippen LogP contribution in [0, 0.1) is 0 Å². The lowest BCUT2D eigenvalue weighted by Gasteiger charge is -2.27. The topological polar surface area (TPSA) is 109 Å². The van der Waals surface area contributed by atoms with Crippen molar-refractivity contribution in [1.82, 2.24) is 21.1 Å². The third kappa shape index (κ3) is 10.9. The number of esters is 1. The van der Waals surface area contributed by atoms with Gasteiger partial charge in [0.05, 0.1) is 0 Å². The molecule has 4 rings (SSSR count). The van der Waals surface area contributed by atoms with Gasteiger partial charge >= 0.3 is 12.0 Å². The molecule has 228 valence electrons. The zero-order valence-corrected chi connectivity index (χ0v) is 24.8. The van der Waals surface area contributed by atoms with Gasteiger partial charge in [-0.05, 0) is 34.4 Å². The minimum atomic E-state index is -0.791. The minimum absolute atomic E-state index is 0.0301. The molecule has 4 aromatic rings. The molecule has 0 aliphatic carbocycles. The number of nitrogens with one attached hydrogen (secondary N) is 3. The average Bonchev–Trinajstić information content (AvgIpc) is 3.06. The number of amides is 3. The summed E-state index contributed by atoms with van der Waals surface area (Å²) in [5.74, 6) is -0.108. The Kier molecular flexibility index (Phi) is 12.3. The lowest BCUT2D eigenvalue weighted by Crippen LogP contribution is -2.51. The van der Waals surface area contributed by atoms with Gasteiger partial charge in [0.25, 0.3) is 0 Å². The van der Waals surface area contributed by atoms with Crippen LogP contribution in [0.15, 0.2) is 115 Å². The second-order valence-electron chi connectivity index (χ2n) is 10.2. The van der Waals surface area contributed by atoms with E-state index in [-0.39, 0.29) is 31.5 Å². The van der Waals surface area contributed by atoms with E-state index in [0.29, 0.717) is 25.3 Å². The van der Waals surface area contributed by atoms with Gasteiger partial charge in [0.15, 0.2) is 0 Å². The van der Waals surface area contributed by atoms with E-state index in [9.17, 15) is 14.4 Å². The number of hydrazine groups is 1. The Balaban J connectivity index is 1.30. The fourth-order valence-electron chi connectivity index (χ4n) is 4.35. The molecule has 0 bridgehead atoms. The van der Waals surface area contributed by atoms with Crippen LogP contribution < -0.4 is 20.8 Å². The maximum atomic E-state index is 13.3. The minimum Gasteiger partial charge on any atom is -0.489 e. The molecule has 0 saturated heterocycles. The van der Waals surface area contributed by atoms with Crippen molar-refractivity contribution >= 4 is 17.9 Å². The van der Waals surface area contributed by atoms with Gasteiger partial charge in [0, 0.05) is 33.0 Å². The molecule has 1 unspecified atom stereocenters. The SMILES string of the molecule is CN(NC(=O)CCNC(=O)NCc1ccccc1)C(Cc1ccc(OCc2ccccc2)cc1)C(=O)OCc1ccccc1. The molecule has 44 heavy (non-hydrogen) atoms. The Bertz CT molecular complexity index is 1450. The number of ether oxygens (including phenoxy) is 2. The first-order chi connectivity index (χ1) is 21.5. The Morgan fingerprint density at radius 3 is 1.86 bits per heavy atom. The Morgan fingerprint density at radius 2 is 1.25 bits per heavy atom. The van der Waals surface area contributed by atoms with Crippen molar-refractivity contribution in [2.75, 3.05) is 13.6 Å². The number of likely N-dealkylation sites (N-methyl/N-ethyl adjacent to an activating group) is 1. The zero-order valence-electron chi connectivity index (χ0n) is 24.8. The van der Waals surface area contributed by atoms with Gasteiger partial charge in [0.2, 0.25) is 5.91 Å². The van der Waals surface area contributed by atoms with Gasteiger partial charge in [-0.25, -0.2) is 9.80 Å². The summed E-state index contributed by atoms with van der Waals surface area (Å²) in [5, 5.41) is 6.90. The molecular formula is C35H38N4O5. The van der Waals surface area contributed by atoms with Crippen molar-refractivity contribution in [3.63, 3.8) is 0 Å². The molecule has 9 nitrogen and oxygen atoms in total. The summed E-state index contributed by atoms with van der Waals surface area (Å²) in [4.78, 5) is 38.1. The van der Waals surface area contributed by atoms with E-state index in [4.69, 9.17) is 9.47 Å². The number of hydrogen-bond donors (Lipinski definition) is 3. The molecule has 0 aliphatic heterocycles. The van der Waals surface area contributed by atoms with Crippen molar-refractivity contribution in [2.24, 2.45) is 0 Å². The number of urea groups is 1. The van der Waals surface area contributed by atoms with E-state index < -0.39 is 12.0 Å². The molecule has 0 saturated carbocycles. The first-order valence-corrected chi connectivity index (χ1v) is 14.5. The van der Waals surface area contributed by atoms with Gasteiger partial charge < -0.3 is 20.1 Å². The van der Waals surface area contributed by atoms with E-state index in [1.54, 1.807) is 7.05 Å². The number of benzene rings is 4. The van der Waals surface area contributed by atoms with Crippen LogP contribution in [0.25, 0.3) is 0 Å². The lowest BCUT2D eigenvalue weighted by atomic mass is 10.1. The second-order valence-corrected chi connectivity index (χ2v) is 10.2. The third-order valence-electron chi connectivity index (χ3n) is 6.80. The number of rotatable bonds is 15.